The third kappa shape index (κ3) is 7.24. The molecule has 1 saturated heterocycles. The Hall–Kier alpha value is -3.26. The Morgan fingerprint density at radius 1 is 1.15 bits per heavy atom. The summed E-state index contributed by atoms with van der Waals surface area (Å²) in [6.45, 7) is 4.28. The second-order valence-corrected chi connectivity index (χ2v) is 10.2. The van der Waals surface area contributed by atoms with Crippen LogP contribution in [0.25, 0.3) is 0 Å². The molecule has 3 aromatic heterocycles. The van der Waals surface area contributed by atoms with Gasteiger partial charge in [0.15, 0.2) is 9.03 Å². The van der Waals surface area contributed by atoms with Crippen LogP contribution in [0.1, 0.15) is 62.1 Å². The second kappa shape index (κ2) is 12.3. The van der Waals surface area contributed by atoms with Crippen LogP contribution in [-0.2, 0) is 10.7 Å². The van der Waals surface area contributed by atoms with Crippen molar-refractivity contribution in [1.29, 1.82) is 0 Å². The van der Waals surface area contributed by atoms with Crippen LogP contribution in [-0.4, -0.2) is 55.8 Å². The van der Waals surface area contributed by atoms with Gasteiger partial charge in [0.25, 0.3) is 11.8 Å². The summed E-state index contributed by atoms with van der Waals surface area (Å²) in [7, 11) is -0.547. The molecular weight excluding hydrogens is 558 g/mol. The highest BCUT2D eigenvalue weighted by Crippen LogP contribution is 2.33. The van der Waals surface area contributed by atoms with Crippen LogP contribution in [0.2, 0.25) is 0 Å². The zero-order chi connectivity index (χ0) is 28.2. The highest BCUT2D eigenvalue weighted by molar-refractivity contribution is 7.25. The number of pyridine rings is 1. The van der Waals surface area contributed by atoms with Crippen molar-refractivity contribution < 1.29 is 32.2 Å². The zero-order valence-electron chi connectivity index (χ0n) is 20.8. The Bertz CT molecular complexity index is 1340. The number of nitrogens with zero attached hydrogens (tertiary/aromatic N) is 5. The minimum atomic E-state index is -4.57. The van der Waals surface area contributed by atoms with E-state index >= 15 is 0 Å². The van der Waals surface area contributed by atoms with E-state index in [1.807, 2.05) is 4.90 Å². The van der Waals surface area contributed by atoms with Gasteiger partial charge in [-0.1, -0.05) is 0 Å². The van der Waals surface area contributed by atoms with Gasteiger partial charge in [-0.15, -0.1) is 11.3 Å². The first-order valence-electron chi connectivity index (χ1n) is 11.8. The van der Waals surface area contributed by atoms with Crippen LogP contribution in [0.15, 0.2) is 30.9 Å². The lowest BCUT2D eigenvalue weighted by molar-refractivity contribution is -0.138. The van der Waals surface area contributed by atoms with Crippen molar-refractivity contribution in [3.05, 3.63) is 57.6 Å². The number of anilines is 2. The summed E-state index contributed by atoms with van der Waals surface area (Å²) in [5, 5.41) is 5.56. The van der Waals surface area contributed by atoms with Crippen molar-refractivity contribution in [3.8, 4) is 0 Å². The molecule has 0 bridgehead atoms. The Labute approximate surface area is 227 Å². The highest BCUT2D eigenvalue weighted by Gasteiger charge is 2.33. The molecule has 1 aliphatic heterocycles. The summed E-state index contributed by atoms with van der Waals surface area (Å²) in [5.74, 6) is -0.773. The predicted octanol–water partition coefficient (Wildman–Crippen LogP) is 3.88. The van der Waals surface area contributed by atoms with Gasteiger partial charge in [0, 0.05) is 25.4 Å². The fourth-order valence-electron chi connectivity index (χ4n) is 3.92. The Balaban J connectivity index is 1.37. The van der Waals surface area contributed by atoms with Gasteiger partial charge in [-0.05, 0) is 38.3 Å². The number of thiazole rings is 1. The smallest absolute Gasteiger partial charge is 0.356 e. The monoisotopic (exact) mass is 583 g/mol. The van der Waals surface area contributed by atoms with Crippen LogP contribution >= 0.6 is 20.4 Å². The Morgan fingerprint density at radius 2 is 1.90 bits per heavy atom. The molecule has 2 atom stereocenters. The number of hydrogen-bond acceptors (Lipinski definition) is 10. The molecule has 2 amide bonds. The number of nitrogens with one attached hydrogen (secondary N) is 2. The zero-order valence-corrected chi connectivity index (χ0v) is 22.6. The predicted molar refractivity (Wildman–Crippen MR) is 139 cm³/mol. The molecule has 3 N–H and O–H groups in total. The molecular formula is C23H25F3N7O4PS. The summed E-state index contributed by atoms with van der Waals surface area (Å²) in [6.07, 6.45) is 0.492. The number of piperidine rings is 1. The first kappa shape index (κ1) is 28.7. The molecule has 11 nitrogen and oxygen atoms in total. The number of halogens is 3. The fraction of sp³-hybridized carbons (Fsp3) is 0.391. The quantitative estimate of drug-likeness (QED) is 0.337. The van der Waals surface area contributed by atoms with E-state index in [1.54, 1.807) is 13.0 Å². The Morgan fingerprint density at radius 3 is 2.59 bits per heavy atom. The lowest BCUT2D eigenvalue weighted by Gasteiger charge is -2.32. The van der Waals surface area contributed by atoms with Gasteiger partial charge in [0.05, 0.1) is 23.9 Å². The van der Waals surface area contributed by atoms with E-state index in [9.17, 15) is 22.8 Å². The van der Waals surface area contributed by atoms with Crippen LogP contribution in [0, 0.1) is 6.92 Å². The number of aromatic nitrogens is 4. The minimum Gasteiger partial charge on any atom is -0.356 e. The normalized spacial score (nSPS) is 15.5. The molecule has 1 fully saturated rings. The first-order chi connectivity index (χ1) is 18.5. The number of aryl methyl sites for hydroxylation is 1. The van der Waals surface area contributed by atoms with Gasteiger partial charge in [-0.2, -0.15) is 13.2 Å². The average Bonchev–Trinajstić information content (AvgIpc) is 3.41. The van der Waals surface area contributed by atoms with Gasteiger partial charge in [0.1, 0.15) is 33.5 Å². The van der Waals surface area contributed by atoms with Crippen LogP contribution in [0.5, 0.6) is 0 Å². The number of alkyl halides is 3. The molecule has 0 saturated carbocycles. The molecule has 39 heavy (non-hydrogen) atoms. The molecule has 0 aromatic carbocycles. The standard InChI is InChI=1S/C23H25F3N7O4PS/c1-12-9-27-18(7-15(12)23(24,25)26)32-21(35)17-10-28-22(39-17)13(2)31-20(34)16-8-19(30-11-29-16)33-5-3-14(4-6-33)37-38-36/h7-11,13-14,36,38H,3-6H2,1-2H3,(H,31,34)(H,27,32,35)/t13-/m1/s1. The van der Waals surface area contributed by atoms with E-state index in [2.05, 4.69) is 30.6 Å². The van der Waals surface area contributed by atoms with E-state index in [4.69, 9.17) is 9.42 Å². The van der Waals surface area contributed by atoms with Crippen molar-refractivity contribution in [2.45, 2.75) is 45.0 Å². The summed E-state index contributed by atoms with van der Waals surface area (Å²) in [6, 6.07) is 1.78. The third-order valence-corrected chi connectivity index (χ3v) is 7.60. The van der Waals surface area contributed by atoms with Crippen molar-refractivity contribution in [2.24, 2.45) is 0 Å². The van der Waals surface area contributed by atoms with Gasteiger partial charge in [-0.25, -0.2) is 19.9 Å². The summed E-state index contributed by atoms with van der Waals surface area (Å²) >= 11 is 0.990. The number of carbonyl (C=O) groups excluding carboxylic acids is 2. The maximum atomic E-state index is 13.2. The molecule has 0 aliphatic carbocycles. The van der Waals surface area contributed by atoms with Crippen LogP contribution in [0.3, 0.4) is 0 Å². The fourth-order valence-corrected chi connectivity index (χ4v) is 5.12. The first-order valence-corrected chi connectivity index (χ1v) is 13.5. The minimum absolute atomic E-state index is 0.00850. The van der Waals surface area contributed by atoms with Gasteiger partial charge in [0.2, 0.25) is 0 Å². The molecule has 0 spiro atoms. The highest BCUT2D eigenvalue weighted by atomic mass is 32.1. The largest absolute Gasteiger partial charge is 0.416 e. The maximum Gasteiger partial charge on any atom is 0.416 e. The van der Waals surface area contributed by atoms with Crippen LogP contribution in [0.4, 0.5) is 24.8 Å². The van der Waals surface area contributed by atoms with Crippen molar-refractivity contribution in [2.75, 3.05) is 23.3 Å². The van der Waals surface area contributed by atoms with Crippen LogP contribution < -0.4 is 15.5 Å². The van der Waals surface area contributed by atoms with E-state index < -0.39 is 38.6 Å². The van der Waals surface area contributed by atoms with Crippen molar-refractivity contribution in [3.63, 3.8) is 0 Å². The van der Waals surface area contributed by atoms with Crippen molar-refractivity contribution in [1.82, 2.24) is 25.3 Å². The van der Waals surface area contributed by atoms with Crippen molar-refractivity contribution >= 4 is 43.8 Å². The molecule has 1 unspecified atom stereocenters. The summed E-state index contributed by atoms with van der Waals surface area (Å²) in [5.41, 5.74) is -0.788. The summed E-state index contributed by atoms with van der Waals surface area (Å²) in [4.78, 5) is 52.9. The SMILES string of the molecule is Cc1cnc(NC(=O)c2cnc([C@@H](C)NC(=O)c3cc(N4CCC(OPO)CC4)ncn3)s2)cc1C(F)(F)F. The third-order valence-electron chi connectivity index (χ3n) is 5.99. The molecule has 0 radical (unpaired) electrons. The molecule has 3 aromatic rings. The lowest BCUT2D eigenvalue weighted by Crippen LogP contribution is -2.37. The lowest BCUT2D eigenvalue weighted by atomic mass is 10.1. The molecule has 4 rings (SSSR count). The molecule has 16 heteroatoms. The molecule has 4 heterocycles. The number of amides is 2. The maximum absolute atomic E-state index is 13.2. The van der Waals surface area contributed by atoms with E-state index in [0.717, 1.165) is 36.4 Å². The van der Waals surface area contributed by atoms with E-state index in [-0.39, 0.29) is 28.1 Å². The number of hydrogen-bond donors (Lipinski definition) is 3. The van der Waals surface area contributed by atoms with Gasteiger partial charge in [-0.3, -0.25) is 9.59 Å². The number of rotatable bonds is 8. The van der Waals surface area contributed by atoms with Gasteiger partial charge >= 0.3 is 6.18 Å². The average molecular weight is 584 g/mol. The summed E-state index contributed by atoms with van der Waals surface area (Å²) < 4.78 is 44.7. The molecule has 208 valence electrons. The van der Waals surface area contributed by atoms with E-state index in [1.165, 1.54) is 19.4 Å². The second-order valence-electron chi connectivity index (χ2n) is 8.75. The Kier molecular flexibility index (Phi) is 9.05. The topological polar surface area (TPSA) is 142 Å². The van der Waals surface area contributed by atoms with Gasteiger partial charge < -0.3 is 25.0 Å². The molecule has 1 aliphatic rings. The van der Waals surface area contributed by atoms with E-state index in [0.29, 0.717) is 23.9 Å². The number of carbonyl (C=O) groups is 2.